The molecular formula is C17H24N2O2. The molecule has 4 nitrogen and oxygen atoms in total. The number of anilines is 2. The number of hydrogen-bond acceptors (Lipinski definition) is 3. The average molecular weight is 288 g/mol. The molecule has 0 bridgehead atoms. The fourth-order valence-electron chi connectivity index (χ4n) is 3.47. The van der Waals surface area contributed by atoms with Gasteiger partial charge in [-0.3, -0.25) is 4.79 Å². The SMILES string of the molecule is CC(C)Oc1cccc2c1NC(=O)CC1(CCCCC1)N2. The molecule has 1 aliphatic carbocycles. The molecule has 2 aliphatic rings. The number of hydrogen-bond donors (Lipinski definition) is 2. The number of carbonyl (C=O) groups is 1. The zero-order chi connectivity index (χ0) is 14.9. The summed E-state index contributed by atoms with van der Waals surface area (Å²) in [6.07, 6.45) is 6.41. The molecule has 1 aromatic carbocycles. The van der Waals surface area contributed by atoms with Gasteiger partial charge in [0.05, 0.1) is 11.8 Å². The van der Waals surface area contributed by atoms with Gasteiger partial charge in [-0.15, -0.1) is 0 Å². The third kappa shape index (κ3) is 2.99. The Morgan fingerprint density at radius 2 is 1.95 bits per heavy atom. The fourth-order valence-corrected chi connectivity index (χ4v) is 3.47. The third-order valence-corrected chi connectivity index (χ3v) is 4.36. The quantitative estimate of drug-likeness (QED) is 0.867. The summed E-state index contributed by atoms with van der Waals surface area (Å²) in [6, 6.07) is 5.93. The van der Waals surface area contributed by atoms with Crippen molar-refractivity contribution in [3.8, 4) is 5.75 Å². The Morgan fingerprint density at radius 3 is 2.67 bits per heavy atom. The fraction of sp³-hybridized carbons (Fsp3) is 0.588. The van der Waals surface area contributed by atoms with E-state index in [4.69, 9.17) is 4.74 Å². The molecule has 0 atom stereocenters. The second-order valence-corrected chi connectivity index (χ2v) is 6.54. The Kier molecular flexibility index (Phi) is 3.79. The molecule has 0 saturated heterocycles. The van der Waals surface area contributed by atoms with Crippen LogP contribution < -0.4 is 15.4 Å². The Hall–Kier alpha value is -1.71. The van der Waals surface area contributed by atoms with Crippen molar-refractivity contribution < 1.29 is 9.53 Å². The lowest BCUT2D eigenvalue weighted by Crippen LogP contribution is -2.41. The van der Waals surface area contributed by atoms with Crippen LogP contribution in [0.15, 0.2) is 18.2 Å². The predicted molar refractivity (Wildman–Crippen MR) is 84.9 cm³/mol. The van der Waals surface area contributed by atoms with Gasteiger partial charge in [0.25, 0.3) is 0 Å². The number of carbonyl (C=O) groups excluding carboxylic acids is 1. The second kappa shape index (κ2) is 5.58. The van der Waals surface area contributed by atoms with Crippen molar-refractivity contribution in [2.24, 2.45) is 0 Å². The van der Waals surface area contributed by atoms with Gasteiger partial charge >= 0.3 is 0 Å². The first-order chi connectivity index (χ1) is 10.1. The zero-order valence-electron chi connectivity index (χ0n) is 12.9. The van der Waals surface area contributed by atoms with E-state index in [0.717, 1.165) is 30.0 Å². The summed E-state index contributed by atoms with van der Waals surface area (Å²) in [5.74, 6) is 0.833. The molecule has 1 spiro atoms. The molecule has 0 aromatic heterocycles. The van der Waals surface area contributed by atoms with Crippen LogP contribution in [0.5, 0.6) is 5.75 Å². The molecule has 1 fully saturated rings. The van der Waals surface area contributed by atoms with Crippen LogP contribution in [-0.2, 0) is 4.79 Å². The highest BCUT2D eigenvalue weighted by Gasteiger charge is 2.37. The highest BCUT2D eigenvalue weighted by atomic mass is 16.5. The lowest BCUT2D eigenvalue weighted by molar-refractivity contribution is -0.117. The van der Waals surface area contributed by atoms with Gasteiger partial charge in [-0.2, -0.15) is 0 Å². The first-order valence-electron chi connectivity index (χ1n) is 7.96. The predicted octanol–water partition coefficient (Wildman–Crippen LogP) is 3.93. The Morgan fingerprint density at radius 1 is 1.19 bits per heavy atom. The Balaban J connectivity index is 1.96. The van der Waals surface area contributed by atoms with E-state index in [0.29, 0.717) is 6.42 Å². The van der Waals surface area contributed by atoms with Crippen molar-refractivity contribution in [2.75, 3.05) is 10.6 Å². The van der Waals surface area contributed by atoms with Gasteiger partial charge in [0.2, 0.25) is 5.91 Å². The van der Waals surface area contributed by atoms with Crippen molar-refractivity contribution in [2.45, 2.75) is 64.0 Å². The van der Waals surface area contributed by atoms with Crippen LogP contribution in [0.25, 0.3) is 0 Å². The van der Waals surface area contributed by atoms with Crippen LogP contribution in [0.1, 0.15) is 52.4 Å². The van der Waals surface area contributed by atoms with Gasteiger partial charge in [-0.25, -0.2) is 0 Å². The zero-order valence-corrected chi connectivity index (χ0v) is 12.9. The summed E-state index contributed by atoms with van der Waals surface area (Å²) in [5.41, 5.74) is 1.70. The number of benzene rings is 1. The van der Waals surface area contributed by atoms with Crippen LogP contribution in [-0.4, -0.2) is 17.6 Å². The minimum Gasteiger partial charge on any atom is -0.489 e. The lowest BCUT2D eigenvalue weighted by Gasteiger charge is -2.37. The molecule has 1 heterocycles. The number of nitrogens with one attached hydrogen (secondary N) is 2. The Labute approximate surface area is 126 Å². The molecule has 1 amide bonds. The van der Waals surface area contributed by atoms with E-state index in [1.165, 1.54) is 19.3 Å². The third-order valence-electron chi connectivity index (χ3n) is 4.36. The van der Waals surface area contributed by atoms with Gasteiger partial charge < -0.3 is 15.4 Å². The number of rotatable bonds is 2. The molecule has 1 aromatic rings. The highest BCUT2D eigenvalue weighted by molar-refractivity contribution is 5.99. The van der Waals surface area contributed by atoms with Crippen molar-refractivity contribution in [1.82, 2.24) is 0 Å². The van der Waals surface area contributed by atoms with Gasteiger partial charge in [0.1, 0.15) is 11.4 Å². The van der Waals surface area contributed by atoms with E-state index in [1.807, 2.05) is 32.0 Å². The van der Waals surface area contributed by atoms with E-state index >= 15 is 0 Å². The van der Waals surface area contributed by atoms with Gasteiger partial charge in [-0.1, -0.05) is 25.3 Å². The van der Waals surface area contributed by atoms with E-state index in [9.17, 15) is 4.79 Å². The topological polar surface area (TPSA) is 50.4 Å². The van der Waals surface area contributed by atoms with Crippen LogP contribution >= 0.6 is 0 Å². The summed E-state index contributed by atoms with van der Waals surface area (Å²) in [7, 11) is 0. The standard InChI is InChI=1S/C17H24N2O2/c1-12(2)21-14-8-6-7-13-16(14)18-15(20)11-17(19-13)9-4-3-5-10-17/h6-8,12,19H,3-5,9-11H2,1-2H3,(H,18,20). The van der Waals surface area contributed by atoms with E-state index in [2.05, 4.69) is 10.6 Å². The van der Waals surface area contributed by atoms with E-state index in [-0.39, 0.29) is 17.6 Å². The molecule has 2 N–H and O–H groups in total. The maximum absolute atomic E-state index is 12.4. The summed E-state index contributed by atoms with van der Waals surface area (Å²) >= 11 is 0. The van der Waals surface area contributed by atoms with E-state index in [1.54, 1.807) is 0 Å². The number of fused-ring (bicyclic) bond motifs is 1. The van der Waals surface area contributed by atoms with Crippen molar-refractivity contribution in [3.05, 3.63) is 18.2 Å². The van der Waals surface area contributed by atoms with Crippen molar-refractivity contribution >= 4 is 17.3 Å². The molecule has 21 heavy (non-hydrogen) atoms. The van der Waals surface area contributed by atoms with Gasteiger partial charge in [0.15, 0.2) is 0 Å². The molecule has 114 valence electrons. The van der Waals surface area contributed by atoms with Gasteiger partial charge in [-0.05, 0) is 38.8 Å². The minimum atomic E-state index is -0.0793. The molecule has 1 saturated carbocycles. The normalized spacial score (nSPS) is 20.4. The smallest absolute Gasteiger partial charge is 0.226 e. The number of para-hydroxylation sites is 1. The first kappa shape index (κ1) is 14.2. The monoisotopic (exact) mass is 288 g/mol. The lowest BCUT2D eigenvalue weighted by atomic mass is 9.79. The summed E-state index contributed by atoms with van der Waals surface area (Å²) in [4.78, 5) is 12.4. The molecule has 4 heteroatoms. The van der Waals surface area contributed by atoms with Crippen molar-refractivity contribution in [3.63, 3.8) is 0 Å². The van der Waals surface area contributed by atoms with Crippen LogP contribution in [0.2, 0.25) is 0 Å². The molecule has 1 aliphatic heterocycles. The molecule has 0 unspecified atom stereocenters. The highest BCUT2D eigenvalue weighted by Crippen LogP contribution is 2.42. The largest absolute Gasteiger partial charge is 0.489 e. The molecule has 3 rings (SSSR count). The second-order valence-electron chi connectivity index (χ2n) is 6.54. The summed E-state index contributed by atoms with van der Waals surface area (Å²) in [6.45, 7) is 3.99. The summed E-state index contributed by atoms with van der Waals surface area (Å²) < 4.78 is 5.84. The molecular weight excluding hydrogens is 264 g/mol. The number of ether oxygens (including phenoxy) is 1. The maximum Gasteiger partial charge on any atom is 0.226 e. The van der Waals surface area contributed by atoms with Gasteiger partial charge in [0, 0.05) is 12.0 Å². The van der Waals surface area contributed by atoms with Crippen LogP contribution in [0, 0.1) is 0 Å². The molecule has 0 radical (unpaired) electrons. The first-order valence-corrected chi connectivity index (χ1v) is 7.96. The van der Waals surface area contributed by atoms with Crippen molar-refractivity contribution in [1.29, 1.82) is 0 Å². The summed E-state index contributed by atoms with van der Waals surface area (Å²) in [5, 5.41) is 6.70. The maximum atomic E-state index is 12.4. The van der Waals surface area contributed by atoms with Crippen LogP contribution in [0.4, 0.5) is 11.4 Å². The number of amides is 1. The van der Waals surface area contributed by atoms with Crippen LogP contribution in [0.3, 0.4) is 0 Å². The average Bonchev–Trinajstić information content (AvgIpc) is 2.55. The van der Waals surface area contributed by atoms with E-state index < -0.39 is 0 Å². The Bertz CT molecular complexity index is 534. The minimum absolute atomic E-state index is 0.0793.